The maximum Gasteiger partial charge on any atom is 0.405 e. The number of nitrogens with zero attached hydrogens (tertiary/aromatic N) is 1. The third-order valence-electron chi connectivity index (χ3n) is 3.12. The van der Waals surface area contributed by atoms with Gasteiger partial charge >= 0.3 is 6.18 Å². The third kappa shape index (κ3) is 4.43. The molecule has 1 N–H and O–H groups in total. The predicted molar refractivity (Wildman–Crippen MR) is 75.1 cm³/mol. The Bertz CT molecular complexity index is 634. The van der Waals surface area contributed by atoms with Crippen LogP contribution in [-0.2, 0) is 21.2 Å². The van der Waals surface area contributed by atoms with Crippen LogP contribution in [0, 0.1) is 0 Å². The van der Waals surface area contributed by atoms with Gasteiger partial charge in [-0.1, -0.05) is 0 Å². The fourth-order valence-electron chi connectivity index (χ4n) is 2.07. The fourth-order valence-corrected chi connectivity index (χ4v) is 5.09. The number of hydrogen-bond acceptors (Lipinski definition) is 4. The molecule has 2 heterocycles. The van der Waals surface area contributed by atoms with E-state index < -0.39 is 28.7 Å². The lowest BCUT2D eigenvalue weighted by atomic mass is 10.3. The van der Waals surface area contributed by atoms with E-state index in [2.05, 4.69) is 0 Å². The first-order chi connectivity index (χ1) is 10.2. The van der Waals surface area contributed by atoms with Gasteiger partial charge < -0.3 is 5.32 Å². The lowest BCUT2D eigenvalue weighted by Crippen LogP contribution is -2.34. The van der Waals surface area contributed by atoms with E-state index in [1.54, 1.807) is 5.32 Å². The lowest BCUT2D eigenvalue weighted by molar-refractivity contribution is -0.138. The molecule has 2 rings (SSSR count). The molecular weight excluding hydrogens is 341 g/mol. The van der Waals surface area contributed by atoms with E-state index in [1.165, 1.54) is 16.4 Å². The second-order valence-corrected chi connectivity index (χ2v) is 8.23. The molecule has 1 aromatic rings. The van der Waals surface area contributed by atoms with Crippen LogP contribution in [0.25, 0.3) is 0 Å². The van der Waals surface area contributed by atoms with Gasteiger partial charge in [-0.2, -0.15) is 17.5 Å². The number of alkyl halides is 3. The van der Waals surface area contributed by atoms with Crippen LogP contribution in [0.5, 0.6) is 0 Å². The molecule has 0 radical (unpaired) electrons. The van der Waals surface area contributed by atoms with Gasteiger partial charge in [0.15, 0.2) is 0 Å². The summed E-state index contributed by atoms with van der Waals surface area (Å²) in [6, 6.07) is 2.85. The van der Waals surface area contributed by atoms with Gasteiger partial charge in [0.25, 0.3) is 10.0 Å². The summed E-state index contributed by atoms with van der Waals surface area (Å²) >= 11 is 0.917. The maximum atomic E-state index is 12.3. The molecule has 1 aliphatic heterocycles. The minimum absolute atomic E-state index is 0.119. The molecule has 1 aliphatic rings. The number of rotatable bonds is 5. The zero-order valence-corrected chi connectivity index (χ0v) is 13.2. The monoisotopic (exact) mass is 356 g/mol. The first kappa shape index (κ1) is 17.2. The summed E-state index contributed by atoms with van der Waals surface area (Å²) in [6.45, 7) is -0.445. The van der Waals surface area contributed by atoms with E-state index in [-0.39, 0.29) is 10.6 Å². The smallest absolute Gasteiger partial charge is 0.347 e. The SMILES string of the molecule is O=C(Cc1ccc(S(=O)(=O)N2CCCC2)s1)NCC(F)(F)F. The first-order valence-corrected chi connectivity index (χ1v) is 8.86. The molecule has 5 nitrogen and oxygen atoms in total. The number of nitrogens with one attached hydrogen (secondary N) is 1. The summed E-state index contributed by atoms with van der Waals surface area (Å²) in [7, 11) is -3.55. The van der Waals surface area contributed by atoms with Gasteiger partial charge in [0.2, 0.25) is 5.91 Å². The van der Waals surface area contributed by atoms with Crippen molar-refractivity contribution in [1.82, 2.24) is 9.62 Å². The number of carbonyl (C=O) groups excluding carboxylic acids is 1. The molecule has 0 spiro atoms. The molecule has 124 valence electrons. The van der Waals surface area contributed by atoms with Crippen molar-refractivity contribution < 1.29 is 26.4 Å². The van der Waals surface area contributed by atoms with E-state index in [0.29, 0.717) is 18.0 Å². The highest BCUT2D eigenvalue weighted by atomic mass is 32.2. The van der Waals surface area contributed by atoms with Crippen molar-refractivity contribution in [3.63, 3.8) is 0 Å². The maximum absolute atomic E-state index is 12.3. The van der Waals surface area contributed by atoms with E-state index in [0.717, 1.165) is 24.2 Å². The molecule has 10 heteroatoms. The Labute approximate surface area is 130 Å². The summed E-state index contributed by atoms with van der Waals surface area (Å²) in [6.07, 6.45) is -3.10. The number of thiophene rings is 1. The molecule has 0 atom stereocenters. The van der Waals surface area contributed by atoms with Gasteiger partial charge in [0.1, 0.15) is 10.8 Å². The molecular formula is C12H15F3N2O3S2. The predicted octanol–water partition coefficient (Wildman–Crippen LogP) is 1.75. The Balaban J connectivity index is 1.98. The van der Waals surface area contributed by atoms with Crippen LogP contribution in [0.2, 0.25) is 0 Å². The Hall–Kier alpha value is -1.13. The van der Waals surface area contributed by atoms with Crippen molar-refractivity contribution in [2.24, 2.45) is 0 Å². The van der Waals surface area contributed by atoms with Crippen molar-refractivity contribution in [3.05, 3.63) is 17.0 Å². The standard InChI is InChI=1S/C12H15F3N2O3S2/c13-12(14,15)8-16-10(18)7-9-3-4-11(21-9)22(19,20)17-5-1-2-6-17/h3-4H,1-2,5-8H2,(H,16,18). The van der Waals surface area contributed by atoms with E-state index in [1.807, 2.05) is 0 Å². The zero-order chi connectivity index (χ0) is 16.4. The summed E-state index contributed by atoms with van der Waals surface area (Å²) in [5.41, 5.74) is 0. The number of carbonyl (C=O) groups is 1. The molecule has 1 saturated heterocycles. The van der Waals surface area contributed by atoms with Crippen LogP contribution in [0.15, 0.2) is 16.3 Å². The van der Waals surface area contributed by atoms with Gasteiger partial charge in [-0.3, -0.25) is 4.79 Å². The summed E-state index contributed by atoms with van der Waals surface area (Å²) in [4.78, 5) is 11.8. The van der Waals surface area contributed by atoms with Crippen LogP contribution < -0.4 is 5.32 Å². The van der Waals surface area contributed by atoms with Gasteiger partial charge in [-0.15, -0.1) is 11.3 Å². The number of amides is 1. The Morgan fingerprint density at radius 1 is 1.27 bits per heavy atom. The minimum Gasteiger partial charge on any atom is -0.347 e. The molecule has 1 aromatic heterocycles. The van der Waals surface area contributed by atoms with Gasteiger partial charge in [-0.25, -0.2) is 8.42 Å². The second-order valence-electron chi connectivity index (χ2n) is 4.90. The van der Waals surface area contributed by atoms with Crippen LogP contribution in [0.4, 0.5) is 13.2 Å². The third-order valence-corrected chi connectivity index (χ3v) is 6.57. The summed E-state index contributed by atoms with van der Waals surface area (Å²) < 4.78 is 62.0. The largest absolute Gasteiger partial charge is 0.405 e. The van der Waals surface area contributed by atoms with Crippen molar-refractivity contribution in [3.8, 4) is 0 Å². The van der Waals surface area contributed by atoms with Gasteiger partial charge in [0, 0.05) is 18.0 Å². The molecule has 1 fully saturated rings. The molecule has 0 aromatic carbocycles. The van der Waals surface area contributed by atoms with E-state index >= 15 is 0 Å². The second kappa shape index (κ2) is 6.55. The number of sulfonamides is 1. The van der Waals surface area contributed by atoms with Crippen molar-refractivity contribution in [2.45, 2.75) is 29.6 Å². The highest BCUT2D eigenvalue weighted by Crippen LogP contribution is 2.27. The van der Waals surface area contributed by atoms with E-state index in [4.69, 9.17) is 0 Å². The highest BCUT2D eigenvalue weighted by Gasteiger charge is 2.29. The normalized spacial score (nSPS) is 16.9. The molecule has 0 unspecified atom stereocenters. The Kier molecular flexibility index (Phi) is 5.13. The van der Waals surface area contributed by atoms with Crippen molar-refractivity contribution in [2.75, 3.05) is 19.6 Å². The van der Waals surface area contributed by atoms with Crippen molar-refractivity contribution in [1.29, 1.82) is 0 Å². The van der Waals surface area contributed by atoms with Gasteiger partial charge in [0.05, 0.1) is 6.42 Å². The summed E-state index contributed by atoms with van der Waals surface area (Å²) in [5.74, 6) is -0.788. The molecule has 0 saturated carbocycles. The topological polar surface area (TPSA) is 66.5 Å². The minimum atomic E-state index is -4.46. The van der Waals surface area contributed by atoms with Crippen LogP contribution in [-0.4, -0.2) is 44.4 Å². The average molecular weight is 356 g/mol. The Morgan fingerprint density at radius 2 is 1.91 bits per heavy atom. The Morgan fingerprint density at radius 3 is 2.50 bits per heavy atom. The first-order valence-electron chi connectivity index (χ1n) is 6.61. The van der Waals surface area contributed by atoms with Gasteiger partial charge in [-0.05, 0) is 25.0 Å². The van der Waals surface area contributed by atoms with E-state index in [9.17, 15) is 26.4 Å². The average Bonchev–Trinajstić information content (AvgIpc) is 3.07. The van der Waals surface area contributed by atoms with Crippen LogP contribution >= 0.6 is 11.3 Å². The number of hydrogen-bond donors (Lipinski definition) is 1. The zero-order valence-electron chi connectivity index (χ0n) is 11.5. The lowest BCUT2D eigenvalue weighted by Gasteiger charge is -2.13. The summed E-state index contributed by atoms with van der Waals surface area (Å²) in [5, 5.41) is 1.76. The molecule has 0 aliphatic carbocycles. The molecule has 0 bridgehead atoms. The van der Waals surface area contributed by atoms with Crippen molar-refractivity contribution >= 4 is 27.3 Å². The van der Waals surface area contributed by atoms with Crippen LogP contribution in [0.1, 0.15) is 17.7 Å². The molecule has 1 amide bonds. The van der Waals surface area contributed by atoms with Crippen LogP contribution in [0.3, 0.4) is 0 Å². The molecule has 22 heavy (non-hydrogen) atoms. The fraction of sp³-hybridized carbons (Fsp3) is 0.583. The highest BCUT2D eigenvalue weighted by molar-refractivity contribution is 7.91. The number of halogens is 3. The quantitative estimate of drug-likeness (QED) is 0.874.